The standard InChI is InChI=1S/C19H25N3O3/c1-22(2)18(13-5-7-14(24-3)8-6-13)12-21-19(23)16-10-9-15(25-4)11-17(16)20/h5-11,18H,12,20H2,1-4H3,(H,21,23). The Labute approximate surface area is 148 Å². The second-order valence-corrected chi connectivity index (χ2v) is 5.92. The van der Waals surface area contributed by atoms with Crippen molar-refractivity contribution >= 4 is 11.6 Å². The van der Waals surface area contributed by atoms with E-state index in [1.807, 2.05) is 38.4 Å². The molecule has 0 fully saturated rings. The van der Waals surface area contributed by atoms with E-state index in [0.29, 0.717) is 23.5 Å². The molecule has 0 aromatic heterocycles. The minimum absolute atomic E-state index is 0.0364. The highest BCUT2D eigenvalue weighted by molar-refractivity contribution is 5.99. The van der Waals surface area contributed by atoms with Crippen LogP contribution in [0.2, 0.25) is 0 Å². The number of hydrogen-bond donors (Lipinski definition) is 2. The molecule has 0 aliphatic rings. The van der Waals surface area contributed by atoms with Gasteiger partial charge in [0.15, 0.2) is 0 Å². The highest BCUT2D eigenvalue weighted by atomic mass is 16.5. The SMILES string of the molecule is COc1ccc(C(CNC(=O)c2ccc(OC)cc2N)N(C)C)cc1. The maximum absolute atomic E-state index is 12.5. The van der Waals surface area contributed by atoms with Crippen molar-refractivity contribution in [2.24, 2.45) is 0 Å². The van der Waals surface area contributed by atoms with Crippen LogP contribution in [-0.2, 0) is 0 Å². The Morgan fingerprint density at radius 1 is 1.08 bits per heavy atom. The van der Waals surface area contributed by atoms with E-state index in [1.54, 1.807) is 32.4 Å². The number of amides is 1. The van der Waals surface area contributed by atoms with Gasteiger partial charge in [0.25, 0.3) is 5.91 Å². The number of rotatable bonds is 7. The van der Waals surface area contributed by atoms with E-state index in [0.717, 1.165) is 11.3 Å². The summed E-state index contributed by atoms with van der Waals surface area (Å²) in [6, 6.07) is 12.9. The number of nitrogens with two attached hydrogens (primary N) is 1. The average Bonchev–Trinajstić information content (AvgIpc) is 2.61. The molecule has 1 atom stereocenters. The molecule has 25 heavy (non-hydrogen) atoms. The molecule has 6 heteroatoms. The van der Waals surface area contributed by atoms with Gasteiger partial charge in [-0.05, 0) is 43.9 Å². The van der Waals surface area contributed by atoms with Crippen molar-refractivity contribution in [2.75, 3.05) is 40.6 Å². The fourth-order valence-corrected chi connectivity index (χ4v) is 2.58. The lowest BCUT2D eigenvalue weighted by Gasteiger charge is -2.25. The Balaban J connectivity index is 2.08. The molecule has 0 heterocycles. The van der Waals surface area contributed by atoms with Crippen LogP contribution in [0.25, 0.3) is 0 Å². The van der Waals surface area contributed by atoms with Gasteiger partial charge >= 0.3 is 0 Å². The number of anilines is 1. The normalized spacial score (nSPS) is 11.9. The Kier molecular flexibility index (Phi) is 6.25. The summed E-state index contributed by atoms with van der Waals surface area (Å²) in [5.41, 5.74) is 7.86. The summed E-state index contributed by atoms with van der Waals surface area (Å²) in [6.45, 7) is 0.462. The van der Waals surface area contributed by atoms with Crippen LogP contribution < -0.4 is 20.5 Å². The quantitative estimate of drug-likeness (QED) is 0.755. The van der Waals surface area contributed by atoms with Gasteiger partial charge in [0, 0.05) is 18.3 Å². The first-order valence-corrected chi connectivity index (χ1v) is 7.98. The van der Waals surface area contributed by atoms with Gasteiger partial charge in [-0.2, -0.15) is 0 Å². The number of nitrogens with zero attached hydrogens (tertiary/aromatic N) is 1. The van der Waals surface area contributed by atoms with Crippen molar-refractivity contribution < 1.29 is 14.3 Å². The van der Waals surface area contributed by atoms with Gasteiger partial charge in [0.1, 0.15) is 11.5 Å². The van der Waals surface area contributed by atoms with Crippen LogP contribution in [0.15, 0.2) is 42.5 Å². The third kappa shape index (κ3) is 4.64. The number of methoxy groups -OCH3 is 2. The summed E-state index contributed by atoms with van der Waals surface area (Å²) < 4.78 is 10.3. The van der Waals surface area contributed by atoms with E-state index in [1.165, 1.54) is 0 Å². The first-order chi connectivity index (χ1) is 12.0. The van der Waals surface area contributed by atoms with Crippen LogP contribution in [0.1, 0.15) is 22.0 Å². The van der Waals surface area contributed by atoms with Crippen LogP contribution in [0.4, 0.5) is 5.69 Å². The molecule has 2 aromatic rings. The van der Waals surface area contributed by atoms with Gasteiger partial charge in [-0.3, -0.25) is 4.79 Å². The monoisotopic (exact) mass is 343 g/mol. The second kappa shape index (κ2) is 8.39. The zero-order chi connectivity index (χ0) is 18.4. The van der Waals surface area contributed by atoms with Gasteiger partial charge in [0.05, 0.1) is 25.8 Å². The number of ether oxygens (including phenoxy) is 2. The molecule has 2 rings (SSSR count). The van der Waals surface area contributed by atoms with Crippen LogP contribution in [0.3, 0.4) is 0 Å². The molecule has 0 spiro atoms. The molecule has 6 nitrogen and oxygen atoms in total. The second-order valence-electron chi connectivity index (χ2n) is 5.92. The maximum atomic E-state index is 12.5. The smallest absolute Gasteiger partial charge is 0.253 e. The molecule has 0 radical (unpaired) electrons. The number of hydrogen-bond acceptors (Lipinski definition) is 5. The lowest BCUT2D eigenvalue weighted by Crippen LogP contribution is -2.34. The molecule has 0 aliphatic heterocycles. The largest absolute Gasteiger partial charge is 0.497 e. The zero-order valence-electron chi connectivity index (χ0n) is 15.1. The minimum Gasteiger partial charge on any atom is -0.497 e. The van der Waals surface area contributed by atoms with Crippen molar-refractivity contribution in [1.29, 1.82) is 0 Å². The van der Waals surface area contributed by atoms with E-state index >= 15 is 0 Å². The Morgan fingerprint density at radius 3 is 2.20 bits per heavy atom. The molecule has 134 valence electrons. The zero-order valence-corrected chi connectivity index (χ0v) is 15.1. The van der Waals surface area contributed by atoms with Crippen LogP contribution in [-0.4, -0.2) is 45.7 Å². The first kappa shape index (κ1) is 18.6. The van der Waals surface area contributed by atoms with Crippen molar-refractivity contribution in [1.82, 2.24) is 10.2 Å². The first-order valence-electron chi connectivity index (χ1n) is 7.98. The molecular formula is C19H25N3O3. The topological polar surface area (TPSA) is 76.8 Å². The summed E-state index contributed by atoms with van der Waals surface area (Å²) in [5.74, 6) is 1.22. The minimum atomic E-state index is -0.208. The third-order valence-electron chi connectivity index (χ3n) is 4.08. The maximum Gasteiger partial charge on any atom is 0.253 e. The molecule has 0 saturated heterocycles. The lowest BCUT2D eigenvalue weighted by molar-refractivity contribution is 0.0943. The molecule has 3 N–H and O–H groups in total. The molecular weight excluding hydrogens is 318 g/mol. The predicted octanol–water partition coefficient (Wildman–Crippen LogP) is 2.32. The van der Waals surface area contributed by atoms with Crippen molar-refractivity contribution in [3.63, 3.8) is 0 Å². The summed E-state index contributed by atoms with van der Waals surface area (Å²) in [5, 5.41) is 2.95. The summed E-state index contributed by atoms with van der Waals surface area (Å²) in [6.07, 6.45) is 0. The summed E-state index contributed by atoms with van der Waals surface area (Å²) >= 11 is 0. The summed E-state index contributed by atoms with van der Waals surface area (Å²) in [4.78, 5) is 14.5. The Bertz CT molecular complexity index is 714. The lowest BCUT2D eigenvalue weighted by atomic mass is 10.1. The Morgan fingerprint density at radius 2 is 1.68 bits per heavy atom. The van der Waals surface area contributed by atoms with Gasteiger partial charge in [-0.15, -0.1) is 0 Å². The number of nitrogens with one attached hydrogen (secondary N) is 1. The molecule has 0 aliphatic carbocycles. The molecule has 0 bridgehead atoms. The number of carbonyl (C=O) groups excluding carboxylic acids is 1. The average molecular weight is 343 g/mol. The number of likely N-dealkylation sites (N-methyl/N-ethyl adjacent to an activating group) is 1. The van der Waals surface area contributed by atoms with E-state index < -0.39 is 0 Å². The summed E-state index contributed by atoms with van der Waals surface area (Å²) in [7, 11) is 7.15. The van der Waals surface area contributed by atoms with Crippen LogP contribution in [0.5, 0.6) is 11.5 Å². The van der Waals surface area contributed by atoms with Gasteiger partial charge in [-0.25, -0.2) is 0 Å². The van der Waals surface area contributed by atoms with E-state index in [2.05, 4.69) is 10.2 Å². The predicted molar refractivity (Wildman–Crippen MR) is 99.2 cm³/mol. The van der Waals surface area contributed by atoms with Gasteiger partial charge < -0.3 is 25.4 Å². The number of carbonyl (C=O) groups is 1. The van der Waals surface area contributed by atoms with Crippen LogP contribution in [0, 0.1) is 0 Å². The van der Waals surface area contributed by atoms with Crippen molar-refractivity contribution in [2.45, 2.75) is 6.04 Å². The van der Waals surface area contributed by atoms with Gasteiger partial charge in [-0.1, -0.05) is 12.1 Å². The van der Waals surface area contributed by atoms with E-state index in [-0.39, 0.29) is 11.9 Å². The van der Waals surface area contributed by atoms with Crippen LogP contribution >= 0.6 is 0 Å². The fourth-order valence-electron chi connectivity index (χ4n) is 2.58. The molecule has 2 aromatic carbocycles. The molecule has 1 unspecified atom stereocenters. The highest BCUT2D eigenvalue weighted by Crippen LogP contribution is 2.22. The van der Waals surface area contributed by atoms with E-state index in [9.17, 15) is 4.79 Å². The van der Waals surface area contributed by atoms with Crippen molar-refractivity contribution in [3.05, 3.63) is 53.6 Å². The van der Waals surface area contributed by atoms with Crippen molar-refractivity contribution in [3.8, 4) is 11.5 Å². The fraction of sp³-hybridized carbons (Fsp3) is 0.316. The molecule has 0 saturated carbocycles. The molecule has 1 amide bonds. The number of benzene rings is 2. The third-order valence-corrected chi connectivity index (χ3v) is 4.08. The highest BCUT2D eigenvalue weighted by Gasteiger charge is 2.17. The number of nitrogen functional groups attached to an aromatic ring is 1. The Hall–Kier alpha value is -2.73. The van der Waals surface area contributed by atoms with E-state index in [4.69, 9.17) is 15.2 Å². The van der Waals surface area contributed by atoms with Gasteiger partial charge in [0.2, 0.25) is 0 Å².